The summed E-state index contributed by atoms with van der Waals surface area (Å²) in [5.74, 6) is 0.0249. The van der Waals surface area contributed by atoms with Gasteiger partial charge in [0.05, 0.1) is 12.0 Å². The molecule has 0 bridgehead atoms. The summed E-state index contributed by atoms with van der Waals surface area (Å²) < 4.78 is 0. The van der Waals surface area contributed by atoms with E-state index in [2.05, 4.69) is 5.32 Å². The molecule has 0 aromatic carbocycles. The zero-order chi connectivity index (χ0) is 12.8. The first-order chi connectivity index (χ1) is 7.38. The summed E-state index contributed by atoms with van der Waals surface area (Å²) in [5.41, 5.74) is -0.621. The molecule has 0 aliphatic heterocycles. The van der Waals surface area contributed by atoms with E-state index in [4.69, 9.17) is 11.6 Å². The minimum Gasteiger partial charge on any atom is -0.355 e. The van der Waals surface area contributed by atoms with Gasteiger partial charge in [-0.25, -0.2) is 0 Å². The molecule has 0 aromatic rings. The van der Waals surface area contributed by atoms with E-state index in [-0.39, 0.29) is 24.2 Å². The van der Waals surface area contributed by atoms with E-state index in [9.17, 15) is 9.59 Å². The summed E-state index contributed by atoms with van der Waals surface area (Å²) in [5, 5.41) is 2.67. The van der Waals surface area contributed by atoms with E-state index in [0.717, 1.165) is 0 Å². The van der Waals surface area contributed by atoms with Crippen LogP contribution in [0.4, 0.5) is 0 Å². The van der Waals surface area contributed by atoms with Gasteiger partial charge in [-0.15, -0.1) is 11.6 Å². The predicted octanol–water partition coefficient (Wildman–Crippen LogP) is 1.24. The molecule has 0 aliphatic rings. The minimum absolute atomic E-state index is 0.0868. The molecule has 0 saturated carbocycles. The van der Waals surface area contributed by atoms with E-state index < -0.39 is 5.41 Å². The van der Waals surface area contributed by atoms with Crippen molar-refractivity contribution in [3.63, 3.8) is 0 Å². The number of halogens is 1. The molecule has 0 heterocycles. The lowest BCUT2D eigenvalue weighted by atomic mass is 9.94. The molecule has 0 atom stereocenters. The van der Waals surface area contributed by atoms with Crippen molar-refractivity contribution in [3.05, 3.63) is 0 Å². The molecule has 0 aliphatic carbocycles. The van der Waals surface area contributed by atoms with Crippen molar-refractivity contribution < 1.29 is 9.59 Å². The Morgan fingerprint density at radius 1 is 1.31 bits per heavy atom. The zero-order valence-electron chi connectivity index (χ0n) is 10.5. The van der Waals surface area contributed by atoms with Gasteiger partial charge in [0, 0.05) is 19.0 Å². The monoisotopic (exact) mass is 248 g/mol. The number of rotatable bonds is 6. The quantitative estimate of drug-likeness (QED) is 0.719. The topological polar surface area (TPSA) is 49.4 Å². The molecule has 0 rings (SSSR count). The zero-order valence-corrected chi connectivity index (χ0v) is 11.2. The summed E-state index contributed by atoms with van der Waals surface area (Å²) in [6.45, 7) is 8.44. The Morgan fingerprint density at radius 3 is 2.25 bits per heavy atom. The third-order valence-corrected chi connectivity index (χ3v) is 2.96. The molecule has 5 heteroatoms. The SMILES string of the molecule is CCNC(=O)CN(CC)C(=O)C(C)(C)CCl. The Balaban J connectivity index is 4.50. The number of nitrogens with one attached hydrogen (secondary N) is 1. The molecule has 0 aromatic heterocycles. The molecule has 0 unspecified atom stereocenters. The van der Waals surface area contributed by atoms with E-state index in [1.54, 1.807) is 13.8 Å². The van der Waals surface area contributed by atoms with Crippen molar-refractivity contribution >= 4 is 23.4 Å². The Kier molecular flexibility index (Phi) is 6.41. The first-order valence-electron chi connectivity index (χ1n) is 5.51. The fourth-order valence-electron chi connectivity index (χ4n) is 1.24. The highest BCUT2D eigenvalue weighted by atomic mass is 35.5. The van der Waals surface area contributed by atoms with Crippen molar-refractivity contribution in [1.82, 2.24) is 10.2 Å². The number of likely N-dealkylation sites (N-methyl/N-ethyl adjacent to an activating group) is 2. The molecule has 1 N–H and O–H groups in total. The van der Waals surface area contributed by atoms with Crippen LogP contribution in [0.5, 0.6) is 0 Å². The Hall–Kier alpha value is -0.770. The van der Waals surface area contributed by atoms with E-state index in [1.165, 1.54) is 4.90 Å². The largest absolute Gasteiger partial charge is 0.355 e. The van der Waals surface area contributed by atoms with Crippen LogP contribution in [-0.4, -0.2) is 42.2 Å². The van der Waals surface area contributed by atoms with Gasteiger partial charge in [0.15, 0.2) is 0 Å². The summed E-state index contributed by atoms with van der Waals surface area (Å²) in [4.78, 5) is 24.9. The third kappa shape index (κ3) is 4.39. The molecule has 2 amide bonds. The van der Waals surface area contributed by atoms with Gasteiger partial charge in [0.2, 0.25) is 11.8 Å². The molecule has 94 valence electrons. The number of amides is 2. The van der Waals surface area contributed by atoms with E-state index in [1.807, 2.05) is 13.8 Å². The van der Waals surface area contributed by atoms with Crippen molar-refractivity contribution in [2.75, 3.05) is 25.5 Å². The molecule has 0 fully saturated rings. The number of carbonyl (C=O) groups excluding carboxylic acids is 2. The Bertz CT molecular complexity index is 254. The van der Waals surface area contributed by atoms with Gasteiger partial charge in [-0.1, -0.05) is 0 Å². The van der Waals surface area contributed by atoms with Crippen molar-refractivity contribution in [2.45, 2.75) is 27.7 Å². The van der Waals surface area contributed by atoms with Crippen LogP contribution in [0.3, 0.4) is 0 Å². The van der Waals surface area contributed by atoms with Crippen LogP contribution in [-0.2, 0) is 9.59 Å². The summed E-state index contributed by atoms with van der Waals surface area (Å²) >= 11 is 5.74. The fraction of sp³-hybridized carbons (Fsp3) is 0.818. The van der Waals surface area contributed by atoms with Gasteiger partial charge in [-0.05, 0) is 27.7 Å². The number of alkyl halides is 1. The first kappa shape index (κ1) is 15.2. The van der Waals surface area contributed by atoms with Crippen LogP contribution in [0.25, 0.3) is 0 Å². The summed E-state index contributed by atoms with van der Waals surface area (Å²) in [6.07, 6.45) is 0. The second-order valence-electron chi connectivity index (χ2n) is 4.29. The Morgan fingerprint density at radius 2 is 1.88 bits per heavy atom. The fourth-order valence-corrected chi connectivity index (χ4v) is 1.35. The smallest absolute Gasteiger partial charge is 0.239 e. The molecular weight excluding hydrogens is 228 g/mol. The first-order valence-corrected chi connectivity index (χ1v) is 6.04. The van der Waals surface area contributed by atoms with Crippen LogP contribution < -0.4 is 5.32 Å². The molecule has 0 radical (unpaired) electrons. The lowest BCUT2D eigenvalue weighted by Crippen LogP contribution is -2.46. The second-order valence-corrected chi connectivity index (χ2v) is 4.56. The van der Waals surface area contributed by atoms with Crippen LogP contribution in [0, 0.1) is 5.41 Å². The number of hydrogen-bond acceptors (Lipinski definition) is 2. The average molecular weight is 249 g/mol. The Labute approximate surface area is 102 Å². The lowest BCUT2D eigenvalue weighted by Gasteiger charge is -2.29. The highest BCUT2D eigenvalue weighted by molar-refractivity contribution is 6.19. The van der Waals surface area contributed by atoms with Gasteiger partial charge >= 0.3 is 0 Å². The molecule has 0 spiro atoms. The normalized spacial score (nSPS) is 11.1. The highest BCUT2D eigenvalue weighted by Crippen LogP contribution is 2.20. The van der Waals surface area contributed by atoms with Gasteiger partial charge < -0.3 is 10.2 Å². The van der Waals surface area contributed by atoms with Gasteiger partial charge in [-0.3, -0.25) is 9.59 Å². The number of hydrogen-bond donors (Lipinski definition) is 1. The lowest BCUT2D eigenvalue weighted by molar-refractivity contribution is -0.142. The van der Waals surface area contributed by atoms with E-state index >= 15 is 0 Å². The average Bonchev–Trinajstić information content (AvgIpc) is 2.25. The van der Waals surface area contributed by atoms with Crippen molar-refractivity contribution in [3.8, 4) is 0 Å². The van der Waals surface area contributed by atoms with Crippen molar-refractivity contribution in [2.24, 2.45) is 5.41 Å². The summed E-state index contributed by atoms with van der Waals surface area (Å²) in [6, 6.07) is 0. The third-order valence-electron chi connectivity index (χ3n) is 2.29. The maximum atomic E-state index is 12.0. The molecule has 16 heavy (non-hydrogen) atoms. The van der Waals surface area contributed by atoms with Crippen LogP contribution in [0.2, 0.25) is 0 Å². The second kappa shape index (κ2) is 6.74. The molecule has 0 saturated heterocycles. The maximum Gasteiger partial charge on any atom is 0.239 e. The van der Waals surface area contributed by atoms with Crippen LogP contribution in [0.15, 0.2) is 0 Å². The highest BCUT2D eigenvalue weighted by Gasteiger charge is 2.31. The standard InChI is InChI=1S/C11H21ClN2O2/c1-5-13-9(15)7-14(6-2)10(16)11(3,4)8-12/h5-8H2,1-4H3,(H,13,15). The van der Waals surface area contributed by atoms with Crippen LogP contribution in [0.1, 0.15) is 27.7 Å². The molecule has 4 nitrogen and oxygen atoms in total. The van der Waals surface area contributed by atoms with Gasteiger partial charge in [-0.2, -0.15) is 0 Å². The minimum atomic E-state index is -0.621. The van der Waals surface area contributed by atoms with Gasteiger partial charge in [0.1, 0.15) is 0 Å². The molecular formula is C11H21ClN2O2. The van der Waals surface area contributed by atoms with Crippen molar-refractivity contribution in [1.29, 1.82) is 0 Å². The predicted molar refractivity (Wildman–Crippen MR) is 65.4 cm³/mol. The van der Waals surface area contributed by atoms with Crippen LogP contribution >= 0.6 is 11.6 Å². The van der Waals surface area contributed by atoms with Gasteiger partial charge in [0.25, 0.3) is 0 Å². The number of carbonyl (C=O) groups is 2. The van der Waals surface area contributed by atoms with E-state index in [0.29, 0.717) is 13.1 Å². The number of nitrogens with zero attached hydrogens (tertiary/aromatic N) is 1. The maximum absolute atomic E-state index is 12.0. The summed E-state index contributed by atoms with van der Waals surface area (Å²) in [7, 11) is 0.